The largest absolute Gasteiger partial charge is 0.497 e. The normalized spacial score (nSPS) is 11.1. The van der Waals surface area contributed by atoms with E-state index in [-0.39, 0.29) is 29.7 Å². The Kier molecular flexibility index (Phi) is 6.36. The minimum absolute atomic E-state index is 0.176. The Balaban J connectivity index is 1.78. The number of amides is 1. The van der Waals surface area contributed by atoms with Gasteiger partial charge in [0.25, 0.3) is 17.2 Å². The van der Waals surface area contributed by atoms with E-state index in [1.807, 2.05) is 42.6 Å². The molecule has 0 radical (unpaired) electrons. The molecule has 0 saturated carbocycles. The Morgan fingerprint density at radius 3 is 2.81 bits per heavy atom. The number of rotatable bonds is 8. The molecule has 0 aliphatic rings. The van der Waals surface area contributed by atoms with Crippen molar-refractivity contribution in [2.75, 3.05) is 12.0 Å². The number of aromatic nitrogens is 4. The van der Waals surface area contributed by atoms with Gasteiger partial charge in [-0.3, -0.25) is 19.6 Å². The Morgan fingerprint density at radius 2 is 2.09 bits per heavy atom. The number of carbonyl (C=O) groups excluding carboxylic acids is 1. The molecule has 3 heterocycles. The summed E-state index contributed by atoms with van der Waals surface area (Å²) in [6.45, 7) is 4.16. The maximum absolute atomic E-state index is 13.3. The number of nitrogens with one attached hydrogen (secondary N) is 1. The van der Waals surface area contributed by atoms with E-state index < -0.39 is 0 Å². The fraction of sp³-hybridized carbons (Fsp3) is 0.304. The van der Waals surface area contributed by atoms with Crippen LogP contribution in [0.3, 0.4) is 0 Å². The fourth-order valence-electron chi connectivity index (χ4n) is 3.54. The van der Waals surface area contributed by atoms with E-state index in [0.29, 0.717) is 28.3 Å². The summed E-state index contributed by atoms with van der Waals surface area (Å²) in [5, 5.41) is 4.86. The average Bonchev–Trinajstić information content (AvgIpc) is 3.47. The number of nitrogens with zero attached hydrogens (tertiary/aromatic N) is 4. The molecule has 0 fully saturated rings. The Morgan fingerprint density at radius 1 is 1.25 bits per heavy atom. The van der Waals surface area contributed by atoms with Crippen LogP contribution in [0.15, 0.2) is 46.6 Å². The van der Waals surface area contributed by atoms with E-state index in [2.05, 4.69) is 22.0 Å². The third-order valence-electron chi connectivity index (χ3n) is 5.27. The van der Waals surface area contributed by atoms with Crippen molar-refractivity contribution in [3.8, 4) is 5.75 Å². The minimum Gasteiger partial charge on any atom is -0.497 e. The fourth-order valence-corrected chi connectivity index (χ4v) is 4.21. The summed E-state index contributed by atoms with van der Waals surface area (Å²) in [6, 6.07) is 11.1. The second-order valence-corrected chi connectivity index (χ2v) is 8.43. The van der Waals surface area contributed by atoms with Crippen LogP contribution in [-0.4, -0.2) is 32.6 Å². The van der Waals surface area contributed by atoms with Crippen molar-refractivity contribution < 1.29 is 9.53 Å². The van der Waals surface area contributed by atoms with E-state index in [9.17, 15) is 9.59 Å². The SMILES string of the molecule is CCCCc1c(C)nc2nc(N(Cc3cccc(OC)c3)C(=O)c3cccs3)[nH]n2c1=O. The molecule has 4 aromatic rings. The van der Waals surface area contributed by atoms with Crippen molar-refractivity contribution in [3.05, 3.63) is 73.8 Å². The molecule has 0 atom stereocenters. The lowest BCUT2D eigenvalue weighted by Gasteiger charge is -2.19. The molecule has 1 aromatic carbocycles. The van der Waals surface area contributed by atoms with Gasteiger partial charge in [-0.25, -0.2) is 4.98 Å². The lowest BCUT2D eigenvalue weighted by atomic mass is 10.1. The first-order valence-corrected chi connectivity index (χ1v) is 11.4. The molecule has 0 saturated heterocycles. The number of thiophene rings is 1. The maximum Gasteiger partial charge on any atom is 0.277 e. The minimum atomic E-state index is -0.210. The number of anilines is 1. The van der Waals surface area contributed by atoms with Crippen molar-refractivity contribution in [1.82, 2.24) is 19.6 Å². The molecule has 0 bridgehead atoms. The van der Waals surface area contributed by atoms with Crippen molar-refractivity contribution in [2.45, 2.75) is 39.7 Å². The molecule has 32 heavy (non-hydrogen) atoms. The van der Waals surface area contributed by atoms with Gasteiger partial charge < -0.3 is 4.74 Å². The number of hydrogen-bond acceptors (Lipinski definition) is 6. The van der Waals surface area contributed by atoms with Crippen molar-refractivity contribution in [3.63, 3.8) is 0 Å². The summed E-state index contributed by atoms with van der Waals surface area (Å²) in [5.41, 5.74) is 2.04. The van der Waals surface area contributed by atoms with Crippen LogP contribution >= 0.6 is 11.3 Å². The van der Waals surface area contributed by atoms with E-state index in [0.717, 1.165) is 18.4 Å². The third kappa shape index (κ3) is 4.29. The van der Waals surface area contributed by atoms with Crippen LogP contribution in [0.2, 0.25) is 0 Å². The zero-order valence-electron chi connectivity index (χ0n) is 18.3. The van der Waals surface area contributed by atoms with Crippen LogP contribution < -0.4 is 15.2 Å². The van der Waals surface area contributed by atoms with Crippen LogP contribution in [-0.2, 0) is 13.0 Å². The second-order valence-electron chi connectivity index (χ2n) is 7.49. The summed E-state index contributed by atoms with van der Waals surface area (Å²) in [7, 11) is 1.60. The van der Waals surface area contributed by atoms with Crippen LogP contribution in [0, 0.1) is 6.92 Å². The molecule has 1 N–H and O–H groups in total. The Labute approximate surface area is 189 Å². The number of fused-ring (bicyclic) bond motifs is 1. The third-order valence-corrected chi connectivity index (χ3v) is 6.13. The molecule has 1 amide bonds. The highest BCUT2D eigenvalue weighted by atomic mass is 32.1. The topological polar surface area (TPSA) is 92.6 Å². The number of aryl methyl sites for hydroxylation is 1. The zero-order chi connectivity index (χ0) is 22.7. The van der Waals surface area contributed by atoms with E-state index in [1.54, 1.807) is 13.2 Å². The number of benzene rings is 1. The van der Waals surface area contributed by atoms with Gasteiger partial charge in [-0.05, 0) is 48.9 Å². The molecule has 8 nitrogen and oxygen atoms in total. The van der Waals surface area contributed by atoms with E-state index in [4.69, 9.17) is 4.74 Å². The maximum atomic E-state index is 13.3. The number of hydrogen-bond donors (Lipinski definition) is 1. The van der Waals surface area contributed by atoms with Crippen LogP contribution in [0.1, 0.15) is 46.3 Å². The summed E-state index contributed by atoms with van der Waals surface area (Å²) < 4.78 is 6.64. The van der Waals surface area contributed by atoms with Gasteiger partial charge >= 0.3 is 0 Å². The van der Waals surface area contributed by atoms with E-state index in [1.165, 1.54) is 20.8 Å². The summed E-state index contributed by atoms with van der Waals surface area (Å²) >= 11 is 1.35. The highest BCUT2D eigenvalue weighted by Gasteiger charge is 2.24. The smallest absolute Gasteiger partial charge is 0.277 e. The number of aromatic amines is 1. The Hall–Kier alpha value is -3.46. The first kappa shape index (κ1) is 21.8. The standard InChI is InChI=1S/C23H25N5O3S/c1-4-5-10-18-15(2)24-22-25-23(26-28(22)20(18)29)27(21(30)19-11-7-12-32-19)14-16-8-6-9-17(13-16)31-3/h6-9,11-13H,4-5,10,14H2,1-3H3,(H,24,25,26). The monoisotopic (exact) mass is 451 g/mol. The molecule has 4 rings (SSSR count). The second kappa shape index (κ2) is 9.35. The highest BCUT2D eigenvalue weighted by molar-refractivity contribution is 7.12. The molecule has 9 heteroatoms. The Bertz CT molecular complexity index is 1290. The van der Waals surface area contributed by atoms with Gasteiger partial charge in [-0.1, -0.05) is 31.5 Å². The van der Waals surface area contributed by atoms with Gasteiger partial charge in [0.1, 0.15) is 5.75 Å². The number of methoxy groups -OCH3 is 1. The van der Waals surface area contributed by atoms with Crippen molar-refractivity contribution in [1.29, 1.82) is 0 Å². The van der Waals surface area contributed by atoms with Gasteiger partial charge in [0.15, 0.2) is 0 Å². The first-order chi connectivity index (χ1) is 15.5. The highest BCUT2D eigenvalue weighted by Crippen LogP contribution is 2.22. The van der Waals surface area contributed by atoms with Crippen LogP contribution in [0.5, 0.6) is 5.75 Å². The zero-order valence-corrected chi connectivity index (χ0v) is 19.1. The van der Waals surface area contributed by atoms with Gasteiger partial charge in [0.2, 0.25) is 5.95 Å². The van der Waals surface area contributed by atoms with Gasteiger partial charge in [0, 0.05) is 5.56 Å². The van der Waals surface area contributed by atoms with Crippen molar-refractivity contribution in [2.24, 2.45) is 0 Å². The number of H-pyrrole nitrogens is 1. The molecular weight excluding hydrogens is 426 g/mol. The lowest BCUT2D eigenvalue weighted by molar-refractivity contribution is 0.0987. The van der Waals surface area contributed by atoms with Crippen LogP contribution in [0.4, 0.5) is 5.95 Å². The van der Waals surface area contributed by atoms with Gasteiger partial charge in [-0.2, -0.15) is 9.50 Å². The number of carbonyl (C=O) groups is 1. The predicted molar refractivity (Wildman–Crippen MR) is 125 cm³/mol. The number of ether oxygens (including phenoxy) is 1. The van der Waals surface area contributed by atoms with E-state index >= 15 is 0 Å². The molecule has 3 aromatic heterocycles. The van der Waals surface area contributed by atoms with Gasteiger partial charge in [-0.15, -0.1) is 11.3 Å². The first-order valence-electron chi connectivity index (χ1n) is 10.5. The van der Waals surface area contributed by atoms with Crippen molar-refractivity contribution >= 4 is 29.0 Å². The summed E-state index contributed by atoms with van der Waals surface area (Å²) in [5.74, 6) is 1.00. The molecule has 0 spiro atoms. The lowest BCUT2D eigenvalue weighted by Crippen LogP contribution is -2.31. The summed E-state index contributed by atoms with van der Waals surface area (Å²) in [4.78, 5) is 37.5. The number of unbranched alkanes of at least 4 members (excludes halogenated alkanes) is 1. The predicted octanol–water partition coefficient (Wildman–Crippen LogP) is 3.99. The molecule has 0 unspecified atom stereocenters. The molecular formula is C23H25N5O3S. The summed E-state index contributed by atoms with van der Waals surface area (Å²) in [6.07, 6.45) is 2.55. The van der Waals surface area contributed by atoms with Gasteiger partial charge in [0.05, 0.1) is 24.2 Å². The quantitative estimate of drug-likeness (QED) is 0.437. The molecule has 166 valence electrons. The molecule has 0 aliphatic heterocycles. The van der Waals surface area contributed by atoms with Crippen LogP contribution in [0.25, 0.3) is 5.78 Å². The molecule has 0 aliphatic carbocycles. The average molecular weight is 452 g/mol.